The average molecular weight is 416 g/mol. The highest BCUT2D eigenvalue weighted by Crippen LogP contribution is 2.20. The summed E-state index contributed by atoms with van der Waals surface area (Å²) in [7, 11) is 0. The van der Waals surface area contributed by atoms with Crippen LogP contribution in [-0.2, 0) is 17.9 Å². The van der Waals surface area contributed by atoms with Crippen LogP contribution in [0, 0.1) is 11.6 Å². The number of amides is 1. The standard InChI is InChI=1S/C20H18F2N4O2S/c1-2-11-26-18(12-28-15-9-7-14(21)8-10-15)24-25-20(26)29-13-19(27)23-17-6-4-3-5-16(17)22/h2-10H,1,11-13H2,(H,23,27). The van der Waals surface area contributed by atoms with E-state index in [0.717, 1.165) is 0 Å². The molecular formula is C20H18F2N4O2S. The van der Waals surface area contributed by atoms with Gasteiger partial charge in [-0.2, -0.15) is 0 Å². The molecule has 29 heavy (non-hydrogen) atoms. The molecule has 0 fully saturated rings. The second-order valence-corrected chi connectivity index (χ2v) is 6.80. The van der Waals surface area contributed by atoms with E-state index in [2.05, 4.69) is 22.1 Å². The fraction of sp³-hybridized carbons (Fsp3) is 0.150. The fourth-order valence-corrected chi connectivity index (χ4v) is 3.17. The summed E-state index contributed by atoms with van der Waals surface area (Å²) in [6.45, 7) is 4.26. The Hall–Kier alpha value is -3.20. The van der Waals surface area contributed by atoms with E-state index >= 15 is 0 Å². The summed E-state index contributed by atoms with van der Waals surface area (Å²) >= 11 is 1.17. The molecule has 9 heteroatoms. The van der Waals surface area contributed by atoms with Crippen molar-refractivity contribution in [3.63, 3.8) is 0 Å². The normalized spacial score (nSPS) is 10.6. The molecule has 0 bridgehead atoms. The number of hydrogen-bond acceptors (Lipinski definition) is 5. The minimum atomic E-state index is -0.499. The second-order valence-electron chi connectivity index (χ2n) is 5.86. The van der Waals surface area contributed by atoms with E-state index in [9.17, 15) is 13.6 Å². The summed E-state index contributed by atoms with van der Waals surface area (Å²) in [6.07, 6.45) is 1.67. The van der Waals surface area contributed by atoms with E-state index in [1.54, 1.807) is 22.8 Å². The van der Waals surface area contributed by atoms with Crippen LogP contribution in [0.1, 0.15) is 5.82 Å². The molecule has 0 saturated heterocycles. The molecule has 0 unspecified atom stereocenters. The number of halogens is 2. The molecule has 0 aliphatic heterocycles. The van der Waals surface area contributed by atoms with Crippen molar-refractivity contribution in [1.82, 2.24) is 14.8 Å². The fourth-order valence-electron chi connectivity index (χ4n) is 2.40. The van der Waals surface area contributed by atoms with Crippen molar-refractivity contribution in [3.8, 4) is 5.75 Å². The average Bonchev–Trinajstić information content (AvgIpc) is 3.10. The highest BCUT2D eigenvalue weighted by molar-refractivity contribution is 7.99. The Morgan fingerprint density at radius 1 is 1.17 bits per heavy atom. The molecule has 1 N–H and O–H groups in total. The number of carbonyl (C=O) groups excluding carboxylic acids is 1. The smallest absolute Gasteiger partial charge is 0.234 e. The van der Waals surface area contributed by atoms with Gasteiger partial charge in [0.05, 0.1) is 11.4 Å². The Bertz CT molecular complexity index is 992. The van der Waals surface area contributed by atoms with E-state index in [1.165, 1.54) is 48.2 Å². The first-order valence-corrected chi connectivity index (χ1v) is 9.64. The molecule has 1 heterocycles. The molecule has 3 rings (SSSR count). The Balaban J connectivity index is 1.61. The SMILES string of the molecule is C=CCn1c(COc2ccc(F)cc2)nnc1SCC(=O)Nc1ccccc1F. The topological polar surface area (TPSA) is 69.0 Å². The van der Waals surface area contributed by atoms with E-state index < -0.39 is 5.82 Å². The molecule has 3 aromatic rings. The van der Waals surface area contributed by atoms with Crippen LogP contribution in [0.5, 0.6) is 5.75 Å². The zero-order valence-electron chi connectivity index (χ0n) is 15.3. The molecule has 0 spiro atoms. The van der Waals surface area contributed by atoms with Crippen molar-refractivity contribution in [1.29, 1.82) is 0 Å². The molecule has 150 valence electrons. The first-order chi connectivity index (χ1) is 14.1. The number of para-hydroxylation sites is 1. The number of anilines is 1. The summed E-state index contributed by atoms with van der Waals surface area (Å²) in [6, 6.07) is 11.6. The predicted octanol–water partition coefficient (Wildman–Crippen LogP) is 4.05. The van der Waals surface area contributed by atoms with Crippen LogP contribution in [-0.4, -0.2) is 26.4 Å². The van der Waals surface area contributed by atoms with Crippen molar-refractivity contribution < 1.29 is 18.3 Å². The first kappa shape index (κ1) is 20.5. The number of nitrogens with one attached hydrogen (secondary N) is 1. The van der Waals surface area contributed by atoms with E-state index in [0.29, 0.717) is 23.3 Å². The van der Waals surface area contributed by atoms with Crippen LogP contribution in [0.3, 0.4) is 0 Å². The maximum Gasteiger partial charge on any atom is 0.234 e. The van der Waals surface area contributed by atoms with Crippen LogP contribution in [0.4, 0.5) is 14.5 Å². The van der Waals surface area contributed by atoms with Gasteiger partial charge in [-0.1, -0.05) is 30.0 Å². The molecular weight excluding hydrogens is 398 g/mol. The van der Waals surface area contributed by atoms with Crippen molar-refractivity contribution in [2.24, 2.45) is 0 Å². The van der Waals surface area contributed by atoms with Gasteiger partial charge in [0, 0.05) is 6.54 Å². The van der Waals surface area contributed by atoms with Gasteiger partial charge in [0.1, 0.15) is 24.0 Å². The summed E-state index contributed by atoms with van der Waals surface area (Å²) in [4.78, 5) is 12.1. The van der Waals surface area contributed by atoms with Gasteiger partial charge >= 0.3 is 0 Å². The maximum atomic E-state index is 13.6. The van der Waals surface area contributed by atoms with Gasteiger partial charge in [-0.25, -0.2) is 8.78 Å². The molecule has 0 aliphatic rings. The lowest BCUT2D eigenvalue weighted by Crippen LogP contribution is -2.15. The number of carbonyl (C=O) groups is 1. The number of thioether (sulfide) groups is 1. The zero-order chi connectivity index (χ0) is 20.6. The van der Waals surface area contributed by atoms with Gasteiger partial charge < -0.3 is 10.1 Å². The minimum Gasteiger partial charge on any atom is -0.486 e. The lowest BCUT2D eigenvalue weighted by atomic mass is 10.3. The number of hydrogen-bond donors (Lipinski definition) is 1. The zero-order valence-corrected chi connectivity index (χ0v) is 16.2. The van der Waals surface area contributed by atoms with Crippen LogP contribution in [0.2, 0.25) is 0 Å². The highest BCUT2D eigenvalue weighted by atomic mass is 32.2. The Kier molecular flexibility index (Phi) is 6.96. The summed E-state index contributed by atoms with van der Waals surface area (Å²) < 4.78 is 34.0. The molecule has 1 amide bonds. The molecule has 0 atom stereocenters. The van der Waals surface area contributed by atoms with Gasteiger partial charge in [-0.3, -0.25) is 9.36 Å². The first-order valence-electron chi connectivity index (χ1n) is 8.65. The number of nitrogens with zero attached hydrogens (tertiary/aromatic N) is 3. The molecule has 2 aromatic carbocycles. The third-order valence-corrected chi connectivity index (χ3v) is 4.73. The third kappa shape index (κ3) is 5.64. The quantitative estimate of drug-likeness (QED) is 0.421. The largest absolute Gasteiger partial charge is 0.486 e. The van der Waals surface area contributed by atoms with Crippen LogP contribution < -0.4 is 10.1 Å². The molecule has 6 nitrogen and oxygen atoms in total. The van der Waals surface area contributed by atoms with Gasteiger partial charge in [-0.15, -0.1) is 16.8 Å². The summed E-state index contributed by atoms with van der Waals surface area (Å²) in [5.41, 5.74) is 0.124. The third-order valence-electron chi connectivity index (χ3n) is 3.77. The molecule has 1 aromatic heterocycles. The van der Waals surface area contributed by atoms with Crippen molar-refractivity contribution in [3.05, 3.63) is 78.6 Å². The number of allylic oxidation sites excluding steroid dienone is 1. The Labute approximate surface area is 170 Å². The van der Waals surface area contributed by atoms with Crippen molar-refractivity contribution in [2.45, 2.75) is 18.3 Å². The number of benzene rings is 2. The molecule has 0 aliphatic carbocycles. The number of aromatic nitrogens is 3. The minimum absolute atomic E-state index is 0.0302. The van der Waals surface area contributed by atoms with E-state index in [1.807, 2.05) is 0 Å². The van der Waals surface area contributed by atoms with E-state index in [-0.39, 0.29) is 29.8 Å². The van der Waals surface area contributed by atoms with Gasteiger partial charge in [-0.05, 0) is 36.4 Å². The van der Waals surface area contributed by atoms with Crippen molar-refractivity contribution in [2.75, 3.05) is 11.1 Å². The van der Waals surface area contributed by atoms with Gasteiger partial charge in [0.15, 0.2) is 11.0 Å². The Morgan fingerprint density at radius 2 is 1.93 bits per heavy atom. The highest BCUT2D eigenvalue weighted by Gasteiger charge is 2.15. The monoisotopic (exact) mass is 416 g/mol. The number of ether oxygens (including phenoxy) is 1. The second kappa shape index (κ2) is 9.83. The van der Waals surface area contributed by atoms with Crippen LogP contribution >= 0.6 is 11.8 Å². The van der Waals surface area contributed by atoms with Crippen LogP contribution in [0.15, 0.2) is 66.3 Å². The summed E-state index contributed by atoms with van der Waals surface area (Å²) in [5.74, 6) is -0.148. The van der Waals surface area contributed by atoms with Gasteiger partial charge in [0.2, 0.25) is 5.91 Å². The molecule has 0 saturated carbocycles. The predicted molar refractivity (Wildman–Crippen MR) is 107 cm³/mol. The summed E-state index contributed by atoms with van der Waals surface area (Å²) in [5, 5.41) is 11.2. The van der Waals surface area contributed by atoms with E-state index in [4.69, 9.17) is 4.74 Å². The lowest BCUT2D eigenvalue weighted by molar-refractivity contribution is -0.113. The number of rotatable bonds is 9. The van der Waals surface area contributed by atoms with Crippen LogP contribution in [0.25, 0.3) is 0 Å². The maximum absolute atomic E-state index is 13.6. The van der Waals surface area contributed by atoms with Gasteiger partial charge in [0.25, 0.3) is 0 Å². The van der Waals surface area contributed by atoms with Crippen molar-refractivity contribution >= 4 is 23.4 Å². The lowest BCUT2D eigenvalue weighted by Gasteiger charge is -2.09. The Morgan fingerprint density at radius 3 is 2.66 bits per heavy atom. The molecule has 0 radical (unpaired) electrons.